The van der Waals surface area contributed by atoms with Crippen molar-refractivity contribution >= 4 is 23.1 Å². The van der Waals surface area contributed by atoms with E-state index in [4.69, 9.17) is 32.9 Å². The van der Waals surface area contributed by atoms with Gasteiger partial charge in [0.05, 0.1) is 13.3 Å². The second-order valence-electron chi connectivity index (χ2n) is 3.73. The predicted molar refractivity (Wildman–Crippen MR) is 72.5 cm³/mol. The molecule has 0 unspecified atom stereocenters. The lowest BCUT2D eigenvalue weighted by atomic mass is 10.0. The first kappa shape index (κ1) is 14.8. The molecule has 1 heterocycles. The molecular weight excluding hydrogens is 270 g/mol. The van der Waals surface area contributed by atoms with Crippen molar-refractivity contribution in [3.8, 4) is 5.75 Å². The number of hydrogen-bond acceptors (Lipinski definition) is 5. The molecule has 0 fully saturated rings. The fourth-order valence-corrected chi connectivity index (χ4v) is 1.59. The zero-order chi connectivity index (χ0) is 14.6. The number of carboxylic acid groups (broad SMARTS) is 1. The molecule has 102 valence electrons. The van der Waals surface area contributed by atoms with Crippen LogP contribution in [-0.4, -0.2) is 23.2 Å². The van der Waals surface area contributed by atoms with Crippen LogP contribution in [0.4, 0.5) is 0 Å². The number of ether oxygens (including phenoxy) is 1. The molecule has 1 aromatic heterocycles. The molecular formula is C12H14ClN3O3. The molecule has 0 amide bonds. The molecule has 5 N–H and O–H groups in total. The Kier molecular flexibility index (Phi) is 4.77. The van der Waals surface area contributed by atoms with Gasteiger partial charge in [0.1, 0.15) is 16.6 Å². The van der Waals surface area contributed by atoms with Crippen LogP contribution in [0.25, 0.3) is 5.57 Å². The fraction of sp³-hybridized carbons (Fsp3) is 0.167. The van der Waals surface area contributed by atoms with Crippen molar-refractivity contribution in [2.45, 2.75) is 6.92 Å². The Morgan fingerprint density at radius 3 is 2.63 bits per heavy atom. The van der Waals surface area contributed by atoms with Crippen LogP contribution >= 0.6 is 11.6 Å². The fourth-order valence-electron chi connectivity index (χ4n) is 1.43. The van der Waals surface area contributed by atoms with Crippen molar-refractivity contribution in [1.82, 2.24) is 4.98 Å². The van der Waals surface area contributed by atoms with Crippen molar-refractivity contribution in [1.29, 1.82) is 0 Å². The molecule has 0 saturated heterocycles. The maximum absolute atomic E-state index is 11.0. The van der Waals surface area contributed by atoms with Crippen LogP contribution in [0, 0.1) is 0 Å². The summed E-state index contributed by atoms with van der Waals surface area (Å²) in [4.78, 5) is 14.9. The Hall–Kier alpha value is -2.21. The van der Waals surface area contributed by atoms with E-state index in [-0.39, 0.29) is 16.4 Å². The summed E-state index contributed by atoms with van der Waals surface area (Å²) < 4.78 is 5.12. The highest BCUT2D eigenvalue weighted by Crippen LogP contribution is 2.30. The first-order valence-corrected chi connectivity index (χ1v) is 5.61. The molecule has 0 aliphatic carbocycles. The van der Waals surface area contributed by atoms with E-state index >= 15 is 0 Å². The van der Waals surface area contributed by atoms with Gasteiger partial charge < -0.3 is 21.3 Å². The maximum atomic E-state index is 11.0. The third-order valence-corrected chi connectivity index (χ3v) is 2.44. The second-order valence-corrected chi connectivity index (χ2v) is 4.12. The molecule has 0 aromatic carbocycles. The number of aromatic nitrogens is 1. The van der Waals surface area contributed by atoms with Crippen LogP contribution < -0.4 is 16.2 Å². The van der Waals surface area contributed by atoms with Gasteiger partial charge in [-0.2, -0.15) is 0 Å². The normalized spacial score (nSPS) is 12.9. The number of methoxy groups -OCH3 is 1. The minimum absolute atomic E-state index is 0.189. The van der Waals surface area contributed by atoms with E-state index in [1.807, 2.05) is 0 Å². The minimum Gasteiger partial charge on any atom is -0.494 e. The Bertz CT molecular complexity index is 563. The molecule has 6 nitrogen and oxygen atoms in total. The summed E-state index contributed by atoms with van der Waals surface area (Å²) in [6.45, 7) is 1.62. The number of hydrogen-bond donors (Lipinski definition) is 3. The summed E-state index contributed by atoms with van der Waals surface area (Å²) in [6, 6.07) is 1.46. The van der Waals surface area contributed by atoms with E-state index in [1.54, 1.807) is 6.92 Å². The Balaban J connectivity index is 3.59. The Labute approximate surface area is 115 Å². The van der Waals surface area contributed by atoms with E-state index < -0.39 is 5.97 Å². The SMILES string of the molecule is COc1cnc(Cl)cc1C(/C=C(/C)N)=C(/N)C(=O)O. The zero-order valence-electron chi connectivity index (χ0n) is 10.5. The number of allylic oxidation sites excluding steroid dienone is 3. The number of pyridine rings is 1. The highest BCUT2D eigenvalue weighted by atomic mass is 35.5. The Morgan fingerprint density at radius 2 is 2.16 bits per heavy atom. The summed E-state index contributed by atoms with van der Waals surface area (Å²) >= 11 is 5.81. The summed E-state index contributed by atoms with van der Waals surface area (Å²) in [5.41, 5.74) is 11.8. The lowest BCUT2D eigenvalue weighted by molar-refractivity contribution is -0.132. The van der Waals surface area contributed by atoms with E-state index in [0.717, 1.165) is 0 Å². The number of halogens is 1. The molecule has 0 radical (unpaired) electrons. The molecule has 0 aliphatic rings. The topological polar surface area (TPSA) is 111 Å². The number of carboxylic acids is 1. The number of aliphatic carboxylic acids is 1. The van der Waals surface area contributed by atoms with Crippen molar-refractivity contribution in [3.05, 3.63) is 40.4 Å². The van der Waals surface area contributed by atoms with Crippen LogP contribution in [0.2, 0.25) is 5.15 Å². The second kappa shape index (κ2) is 6.10. The van der Waals surface area contributed by atoms with Gasteiger partial charge in [0, 0.05) is 16.8 Å². The monoisotopic (exact) mass is 283 g/mol. The molecule has 0 bridgehead atoms. The molecule has 0 saturated carbocycles. The molecule has 1 aromatic rings. The largest absolute Gasteiger partial charge is 0.494 e. The molecule has 0 aliphatic heterocycles. The minimum atomic E-state index is -1.26. The van der Waals surface area contributed by atoms with E-state index in [2.05, 4.69) is 4.98 Å². The van der Waals surface area contributed by atoms with Crippen LogP contribution in [0.1, 0.15) is 12.5 Å². The molecule has 19 heavy (non-hydrogen) atoms. The van der Waals surface area contributed by atoms with Crippen molar-refractivity contribution in [2.24, 2.45) is 11.5 Å². The number of rotatable bonds is 4. The summed E-state index contributed by atoms with van der Waals surface area (Å²) in [5.74, 6) is -0.913. The zero-order valence-corrected chi connectivity index (χ0v) is 11.2. The van der Waals surface area contributed by atoms with Crippen LogP contribution in [-0.2, 0) is 4.79 Å². The van der Waals surface area contributed by atoms with Gasteiger partial charge in [0.2, 0.25) is 0 Å². The summed E-state index contributed by atoms with van der Waals surface area (Å²) in [5, 5.41) is 9.21. The molecule has 7 heteroatoms. The van der Waals surface area contributed by atoms with Crippen LogP contribution in [0.15, 0.2) is 29.7 Å². The van der Waals surface area contributed by atoms with Gasteiger partial charge in [-0.05, 0) is 19.1 Å². The van der Waals surface area contributed by atoms with Gasteiger partial charge in [-0.3, -0.25) is 0 Å². The standard InChI is InChI=1S/C12H14ClN3O3/c1-6(14)3-8(11(15)12(17)18)7-4-10(13)16-5-9(7)19-2/h3-5H,14-15H2,1-2H3,(H,17,18)/b6-3-,11-8+. The molecule has 0 spiro atoms. The lowest BCUT2D eigenvalue weighted by Crippen LogP contribution is -2.13. The first-order chi connectivity index (χ1) is 8.86. The van der Waals surface area contributed by atoms with Crippen molar-refractivity contribution in [2.75, 3.05) is 7.11 Å². The highest BCUT2D eigenvalue weighted by Gasteiger charge is 2.16. The van der Waals surface area contributed by atoms with Crippen LogP contribution in [0.5, 0.6) is 5.75 Å². The van der Waals surface area contributed by atoms with E-state index in [1.165, 1.54) is 25.4 Å². The van der Waals surface area contributed by atoms with E-state index in [9.17, 15) is 4.79 Å². The summed E-state index contributed by atoms with van der Waals surface area (Å²) in [6.07, 6.45) is 2.82. The predicted octanol–water partition coefficient (Wildman–Crippen LogP) is 1.36. The van der Waals surface area contributed by atoms with Crippen molar-refractivity contribution in [3.63, 3.8) is 0 Å². The third kappa shape index (κ3) is 3.62. The number of carbonyl (C=O) groups is 1. The maximum Gasteiger partial charge on any atom is 0.352 e. The lowest BCUT2D eigenvalue weighted by Gasteiger charge is -2.11. The van der Waals surface area contributed by atoms with Gasteiger partial charge in [-0.25, -0.2) is 9.78 Å². The molecule has 1 rings (SSSR count). The van der Waals surface area contributed by atoms with Crippen LogP contribution in [0.3, 0.4) is 0 Å². The summed E-state index contributed by atoms with van der Waals surface area (Å²) in [7, 11) is 1.43. The van der Waals surface area contributed by atoms with Gasteiger partial charge in [-0.1, -0.05) is 11.6 Å². The third-order valence-electron chi connectivity index (χ3n) is 2.24. The smallest absolute Gasteiger partial charge is 0.352 e. The number of nitrogens with two attached hydrogens (primary N) is 2. The van der Waals surface area contributed by atoms with Crippen molar-refractivity contribution < 1.29 is 14.6 Å². The average molecular weight is 284 g/mol. The van der Waals surface area contributed by atoms with Gasteiger partial charge in [0.25, 0.3) is 0 Å². The van der Waals surface area contributed by atoms with Gasteiger partial charge in [0.15, 0.2) is 0 Å². The van der Waals surface area contributed by atoms with Gasteiger partial charge in [-0.15, -0.1) is 0 Å². The highest BCUT2D eigenvalue weighted by molar-refractivity contribution is 6.29. The quantitative estimate of drug-likeness (QED) is 0.437. The molecule has 0 atom stereocenters. The van der Waals surface area contributed by atoms with E-state index in [0.29, 0.717) is 17.0 Å². The van der Waals surface area contributed by atoms with Gasteiger partial charge >= 0.3 is 5.97 Å². The average Bonchev–Trinajstić information content (AvgIpc) is 2.34. The number of nitrogens with zero attached hydrogens (tertiary/aromatic N) is 1. The first-order valence-electron chi connectivity index (χ1n) is 5.23. The Morgan fingerprint density at radius 1 is 1.53 bits per heavy atom.